The third-order valence-electron chi connectivity index (χ3n) is 5.66. The number of carbonyl (C=O) groups excluding carboxylic acids is 2. The molecule has 1 aliphatic rings. The van der Waals surface area contributed by atoms with Crippen molar-refractivity contribution in [1.82, 2.24) is 14.8 Å². The van der Waals surface area contributed by atoms with Crippen molar-refractivity contribution in [3.05, 3.63) is 35.5 Å². The summed E-state index contributed by atoms with van der Waals surface area (Å²) in [6, 6.07) is 6.97. The number of amides is 1. The van der Waals surface area contributed by atoms with E-state index in [9.17, 15) is 9.59 Å². The normalized spacial score (nSPS) is 17.5. The Morgan fingerprint density at radius 3 is 2.81 bits per heavy atom. The Morgan fingerprint density at radius 2 is 2.07 bits per heavy atom. The van der Waals surface area contributed by atoms with Gasteiger partial charge in [0.15, 0.2) is 0 Å². The van der Waals surface area contributed by atoms with E-state index in [1.807, 2.05) is 14.1 Å². The Kier molecular flexibility index (Phi) is 6.32. The summed E-state index contributed by atoms with van der Waals surface area (Å²) < 4.78 is 0. The largest absolute Gasteiger partial charge is 0.361 e. The number of fused-ring (bicyclic) bond motifs is 1. The maximum Gasteiger partial charge on any atom is 0.223 e. The van der Waals surface area contributed by atoms with Crippen LogP contribution in [0.1, 0.15) is 43.7 Å². The van der Waals surface area contributed by atoms with Gasteiger partial charge in [0.1, 0.15) is 5.78 Å². The van der Waals surface area contributed by atoms with Gasteiger partial charge >= 0.3 is 0 Å². The van der Waals surface area contributed by atoms with Crippen LogP contribution < -0.4 is 0 Å². The summed E-state index contributed by atoms with van der Waals surface area (Å²) in [5.74, 6) is 0.432. The molecule has 0 aliphatic carbocycles. The summed E-state index contributed by atoms with van der Waals surface area (Å²) in [4.78, 5) is 30.7. The topological polar surface area (TPSA) is 56.4 Å². The molecule has 0 saturated carbocycles. The molecule has 0 radical (unpaired) electrons. The number of likely N-dealkylation sites (tertiary alicyclic amines) is 1. The van der Waals surface area contributed by atoms with Crippen LogP contribution in [0.15, 0.2) is 24.4 Å². The van der Waals surface area contributed by atoms with Crippen LogP contribution in [0.2, 0.25) is 0 Å². The van der Waals surface area contributed by atoms with E-state index in [1.54, 1.807) is 11.8 Å². The first-order valence-electron chi connectivity index (χ1n) is 9.96. The zero-order chi connectivity index (χ0) is 19.4. The van der Waals surface area contributed by atoms with Crippen molar-refractivity contribution in [2.75, 3.05) is 27.2 Å². The number of ketones is 1. The number of H-pyrrole nitrogens is 1. The number of aryl methyl sites for hydroxylation is 1. The highest BCUT2D eigenvalue weighted by Crippen LogP contribution is 2.27. The first kappa shape index (κ1) is 19.6. The van der Waals surface area contributed by atoms with E-state index in [0.717, 1.165) is 31.4 Å². The SMILES string of the molecule is CC(=O)CCc1ccc2[nH]cc(C[C@H]3CCCN3CCC(=O)N(C)C)c2c1. The highest BCUT2D eigenvalue weighted by atomic mass is 16.2. The van der Waals surface area contributed by atoms with E-state index in [2.05, 4.69) is 34.3 Å². The lowest BCUT2D eigenvalue weighted by molar-refractivity contribution is -0.129. The van der Waals surface area contributed by atoms with Crippen molar-refractivity contribution in [2.45, 2.75) is 51.5 Å². The zero-order valence-corrected chi connectivity index (χ0v) is 16.8. The predicted molar refractivity (Wildman–Crippen MR) is 109 cm³/mol. The minimum atomic E-state index is 0.197. The highest BCUT2D eigenvalue weighted by molar-refractivity contribution is 5.84. The molecule has 1 aromatic heterocycles. The smallest absolute Gasteiger partial charge is 0.223 e. The van der Waals surface area contributed by atoms with Crippen LogP contribution in [0.3, 0.4) is 0 Å². The molecule has 1 atom stereocenters. The second-order valence-corrected chi connectivity index (χ2v) is 7.97. The lowest BCUT2D eigenvalue weighted by Gasteiger charge is -2.24. The summed E-state index contributed by atoms with van der Waals surface area (Å²) in [5, 5.41) is 1.27. The van der Waals surface area contributed by atoms with Gasteiger partial charge in [-0.15, -0.1) is 0 Å². The number of aromatic nitrogens is 1. The maximum absolute atomic E-state index is 11.9. The molecule has 2 aromatic rings. The molecule has 146 valence electrons. The summed E-state index contributed by atoms with van der Waals surface area (Å²) in [7, 11) is 3.64. The second kappa shape index (κ2) is 8.70. The molecule has 5 heteroatoms. The number of nitrogens with zero attached hydrogens (tertiary/aromatic N) is 2. The van der Waals surface area contributed by atoms with Gasteiger partial charge in [-0.1, -0.05) is 6.07 Å². The lowest BCUT2D eigenvalue weighted by Crippen LogP contribution is -2.35. The summed E-state index contributed by atoms with van der Waals surface area (Å²) in [5.41, 5.74) is 3.72. The molecule has 1 saturated heterocycles. The molecule has 5 nitrogen and oxygen atoms in total. The maximum atomic E-state index is 11.9. The summed E-state index contributed by atoms with van der Waals surface area (Å²) in [6.07, 6.45) is 7.51. The number of hydrogen-bond donors (Lipinski definition) is 1. The van der Waals surface area contributed by atoms with Crippen molar-refractivity contribution in [3.63, 3.8) is 0 Å². The molecule has 27 heavy (non-hydrogen) atoms. The van der Waals surface area contributed by atoms with E-state index in [-0.39, 0.29) is 11.7 Å². The van der Waals surface area contributed by atoms with Gasteiger partial charge in [-0.2, -0.15) is 0 Å². The van der Waals surface area contributed by atoms with Gasteiger partial charge in [-0.3, -0.25) is 9.69 Å². The monoisotopic (exact) mass is 369 g/mol. The average Bonchev–Trinajstić information content (AvgIpc) is 3.25. The summed E-state index contributed by atoms with van der Waals surface area (Å²) in [6.45, 7) is 3.57. The van der Waals surface area contributed by atoms with E-state index in [4.69, 9.17) is 0 Å². The third-order valence-corrected chi connectivity index (χ3v) is 5.66. The standard InChI is InChI=1S/C22H31N3O2/c1-16(26)6-7-17-8-9-21-20(13-17)18(15-23-21)14-19-5-4-11-25(19)12-10-22(27)24(2)3/h8-9,13,15,19,23H,4-7,10-12,14H2,1-3H3/t19-/m1/s1. The predicted octanol–water partition coefficient (Wildman–Crippen LogP) is 3.17. The molecule has 1 aromatic carbocycles. The molecule has 1 aliphatic heterocycles. The number of benzene rings is 1. The molecule has 2 heterocycles. The minimum absolute atomic E-state index is 0.197. The number of rotatable bonds is 8. The van der Waals surface area contributed by atoms with E-state index in [1.165, 1.54) is 29.4 Å². The Morgan fingerprint density at radius 1 is 1.26 bits per heavy atom. The third kappa shape index (κ3) is 4.98. The first-order chi connectivity index (χ1) is 12.9. The molecule has 3 rings (SSSR count). The molecular formula is C22H31N3O2. The Balaban J connectivity index is 1.68. The first-order valence-corrected chi connectivity index (χ1v) is 9.96. The minimum Gasteiger partial charge on any atom is -0.361 e. The van der Waals surface area contributed by atoms with Crippen molar-refractivity contribution >= 4 is 22.6 Å². The molecule has 1 fully saturated rings. The van der Waals surface area contributed by atoms with Crippen molar-refractivity contribution < 1.29 is 9.59 Å². The van der Waals surface area contributed by atoms with E-state index >= 15 is 0 Å². The second-order valence-electron chi connectivity index (χ2n) is 7.97. The fraction of sp³-hybridized carbons (Fsp3) is 0.545. The van der Waals surface area contributed by atoms with Gasteiger partial charge in [0.2, 0.25) is 5.91 Å². The number of carbonyl (C=O) groups is 2. The molecule has 0 spiro atoms. The van der Waals surface area contributed by atoms with Crippen molar-refractivity contribution in [2.24, 2.45) is 0 Å². The van der Waals surface area contributed by atoms with Gasteiger partial charge in [0, 0.05) is 56.6 Å². The summed E-state index contributed by atoms with van der Waals surface area (Å²) >= 11 is 0. The molecule has 1 amide bonds. The van der Waals surface area contributed by atoms with E-state index in [0.29, 0.717) is 18.9 Å². The van der Waals surface area contributed by atoms with Crippen LogP contribution >= 0.6 is 0 Å². The fourth-order valence-electron chi connectivity index (χ4n) is 4.01. The van der Waals surface area contributed by atoms with Crippen LogP contribution in [0, 0.1) is 0 Å². The van der Waals surface area contributed by atoms with Crippen LogP contribution in [0.4, 0.5) is 0 Å². The van der Waals surface area contributed by atoms with Crippen LogP contribution in [0.25, 0.3) is 10.9 Å². The Hall–Kier alpha value is -2.14. The van der Waals surface area contributed by atoms with Gasteiger partial charge in [-0.25, -0.2) is 0 Å². The quantitative estimate of drug-likeness (QED) is 0.777. The molecule has 0 unspecified atom stereocenters. The average molecular weight is 370 g/mol. The number of hydrogen-bond acceptors (Lipinski definition) is 3. The van der Waals surface area contributed by atoms with Crippen molar-refractivity contribution in [1.29, 1.82) is 0 Å². The van der Waals surface area contributed by atoms with Crippen LogP contribution in [-0.4, -0.2) is 59.7 Å². The number of aromatic amines is 1. The van der Waals surface area contributed by atoms with Crippen LogP contribution in [0.5, 0.6) is 0 Å². The lowest BCUT2D eigenvalue weighted by atomic mass is 10.00. The molecular weight excluding hydrogens is 338 g/mol. The fourth-order valence-corrected chi connectivity index (χ4v) is 4.01. The zero-order valence-electron chi connectivity index (χ0n) is 16.8. The van der Waals surface area contributed by atoms with Crippen LogP contribution in [-0.2, 0) is 22.4 Å². The Bertz CT molecular complexity index is 809. The molecule has 0 bridgehead atoms. The Labute approximate surface area is 161 Å². The highest BCUT2D eigenvalue weighted by Gasteiger charge is 2.26. The van der Waals surface area contributed by atoms with Crippen molar-refractivity contribution in [3.8, 4) is 0 Å². The van der Waals surface area contributed by atoms with Gasteiger partial charge in [0.25, 0.3) is 0 Å². The van der Waals surface area contributed by atoms with Gasteiger partial charge in [-0.05, 0) is 62.4 Å². The molecule has 1 N–H and O–H groups in total. The number of nitrogens with one attached hydrogen (secondary N) is 1. The van der Waals surface area contributed by atoms with Gasteiger partial charge < -0.3 is 14.7 Å². The number of Topliss-reactive ketones (excluding diaryl/α,β-unsaturated/α-hetero) is 1. The van der Waals surface area contributed by atoms with E-state index < -0.39 is 0 Å². The van der Waals surface area contributed by atoms with Gasteiger partial charge in [0.05, 0.1) is 0 Å².